The first kappa shape index (κ1) is 18.5. The molecular weight excluding hydrogens is 348 g/mol. The van der Waals surface area contributed by atoms with Crippen molar-refractivity contribution in [3.8, 4) is 11.5 Å². The third-order valence-electron chi connectivity index (χ3n) is 4.30. The highest BCUT2D eigenvalue weighted by Crippen LogP contribution is 2.33. The highest BCUT2D eigenvalue weighted by molar-refractivity contribution is 5.97. The van der Waals surface area contributed by atoms with E-state index in [9.17, 15) is 9.59 Å². The Morgan fingerprint density at radius 3 is 2.74 bits per heavy atom. The van der Waals surface area contributed by atoms with Crippen LogP contribution in [0.3, 0.4) is 0 Å². The van der Waals surface area contributed by atoms with Crippen LogP contribution in [-0.4, -0.2) is 43.7 Å². The summed E-state index contributed by atoms with van der Waals surface area (Å²) in [5.74, 6) is 1.08. The third kappa shape index (κ3) is 4.46. The number of hydrogen-bond donors (Lipinski definition) is 2. The Balaban J connectivity index is 1.58. The molecule has 2 heterocycles. The standard InChI is InChI=1S/C19H22N4O4/c1-26-16-7-6-15(10-17(16)27-2)23-12-14(9-18(23)24)22-19(25)21-11-13-5-3-4-8-20-13/h3-8,10,14H,9,11-12H2,1-2H3,(H2,21,22,25)/t14-/m0/s1. The number of anilines is 1. The first-order valence-electron chi connectivity index (χ1n) is 8.57. The molecule has 1 aliphatic rings. The van der Waals surface area contributed by atoms with Gasteiger partial charge in [-0.25, -0.2) is 4.79 Å². The van der Waals surface area contributed by atoms with E-state index in [1.165, 1.54) is 0 Å². The number of urea groups is 1. The van der Waals surface area contributed by atoms with Gasteiger partial charge in [-0.15, -0.1) is 0 Å². The molecule has 0 aliphatic carbocycles. The van der Waals surface area contributed by atoms with Crippen molar-refractivity contribution < 1.29 is 19.1 Å². The zero-order chi connectivity index (χ0) is 19.2. The molecule has 8 nitrogen and oxygen atoms in total. The minimum atomic E-state index is -0.326. The maximum Gasteiger partial charge on any atom is 0.315 e. The average Bonchev–Trinajstić information content (AvgIpc) is 3.06. The van der Waals surface area contributed by atoms with Crippen LogP contribution in [0.15, 0.2) is 42.6 Å². The molecule has 142 valence electrons. The molecule has 3 rings (SSSR count). The lowest BCUT2D eigenvalue weighted by atomic mass is 10.2. The molecule has 1 saturated heterocycles. The molecule has 1 aromatic heterocycles. The van der Waals surface area contributed by atoms with Crippen LogP contribution in [0, 0.1) is 0 Å². The summed E-state index contributed by atoms with van der Waals surface area (Å²) in [4.78, 5) is 30.2. The molecule has 8 heteroatoms. The van der Waals surface area contributed by atoms with Crippen LogP contribution in [-0.2, 0) is 11.3 Å². The fourth-order valence-corrected chi connectivity index (χ4v) is 2.96. The maximum atomic E-state index is 12.4. The molecule has 1 fully saturated rings. The summed E-state index contributed by atoms with van der Waals surface area (Å²) in [5, 5.41) is 5.58. The summed E-state index contributed by atoms with van der Waals surface area (Å²) in [5.41, 5.74) is 1.47. The van der Waals surface area contributed by atoms with E-state index in [-0.39, 0.29) is 24.4 Å². The Labute approximate surface area is 157 Å². The Morgan fingerprint density at radius 1 is 1.22 bits per heavy atom. The number of carbonyl (C=O) groups excluding carboxylic acids is 2. The number of hydrogen-bond acceptors (Lipinski definition) is 5. The molecule has 3 amide bonds. The molecule has 2 N–H and O–H groups in total. The quantitative estimate of drug-likeness (QED) is 0.807. The number of nitrogens with zero attached hydrogens (tertiary/aromatic N) is 2. The van der Waals surface area contributed by atoms with E-state index in [2.05, 4.69) is 15.6 Å². The van der Waals surface area contributed by atoms with E-state index in [1.54, 1.807) is 43.5 Å². The molecule has 2 aromatic rings. The first-order valence-corrected chi connectivity index (χ1v) is 8.57. The minimum Gasteiger partial charge on any atom is -0.493 e. The second kappa shape index (κ2) is 8.39. The molecule has 27 heavy (non-hydrogen) atoms. The van der Waals surface area contributed by atoms with E-state index in [0.29, 0.717) is 30.3 Å². The van der Waals surface area contributed by atoms with Gasteiger partial charge in [0.25, 0.3) is 0 Å². The number of aromatic nitrogens is 1. The summed E-state index contributed by atoms with van der Waals surface area (Å²) in [6, 6.07) is 10.2. The summed E-state index contributed by atoms with van der Waals surface area (Å²) < 4.78 is 10.5. The highest BCUT2D eigenvalue weighted by Gasteiger charge is 2.32. The van der Waals surface area contributed by atoms with Crippen LogP contribution in [0.2, 0.25) is 0 Å². The number of nitrogens with one attached hydrogen (secondary N) is 2. The van der Waals surface area contributed by atoms with Crippen molar-refractivity contribution in [2.45, 2.75) is 19.0 Å². The Bertz CT molecular complexity index is 813. The smallest absolute Gasteiger partial charge is 0.315 e. The van der Waals surface area contributed by atoms with E-state index < -0.39 is 0 Å². The zero-order valence-corrected chi connectivity index (χ0v) is 15.3. The van der Waals surface area contributed by atoms with Gasteiger partial charge >= 0.3 is 6.03 Å². The minimum absolute atomic E-state index is 0.0581. The van der Waals surface area contributed by atoms with Crippen molar-refractivity contribution in [2.75, 3.05) is 25.7 Å². The van der Waals surface area contributed by atoms with Gasteiger partial charge in [0.05, 0.1) is 32.5 Å². The molecule has 1 aromatic carbocycles. The summed E-state index contributed by atoms with van der Waals surface area (Å²) in [6.45, 7) is 0.720. The monoisotopic (exact) mass is 370 g/mol. The highest BCUT2D eigenvalue weighted by atomic mass is 16.5. The normalized spacial score (nSPS) is 16.1. The summed E-state index contributed by atoms with van der Waals surface area (Å²) in [7, 11) is 3.10. The van der Waals surface area contributed by atoms with E-state index >= 15 is 0 Å². The van der Waals surface area contributed by atoms with Gasteiger partial charge in [0, 0.05) is 30.9 Å². The molecule has 1 aliphatic heterocycles. The van der Waals surface area contributed by atoms with E-state index in [1.807, 2.05) is 18.2 Å². The third-order valence-corrected chi connectivity index (χ3v) is 4.30. The SMILES string of the molecule is COc1ccc(N2C[C@@H](NC(=O)NCc3ccccn3)CC2=O)cc1OC. The van der Waals surface area contributed by atoms with E-state index in [4.69, 9.17) is 9.47 Å². The fraction of sp³-hybridized carbons (Fsp3) is 0.316. The van der Waals surface area contributed by atoms with Crippen molar-refractivity contribution in [1.29, 1.82) is 0 Å². The van der Waals surface area contributed by atoms with Gasteiger partial charge in [0.1, 0.15) is 0 Å². The molecule has 1 atom stereocenters. The van der Waals surface area contributed by atoms with Crippen LogP contribution in [0.1, 0.15) is 12.1 Å². The van der Waals surface area contributed by atoms with Crippen LogP contribution < -0.4 is 25.0 Å². The number of amides is 3. The van der Waals surface area contributed by atoms with Crippen molar-refractivity contribution in [1.82, 2.24) is 15.6 Å². The van der Waals surface area contributed by atoms with Crippen LogP contribution in [0.5, 0.6) is 11.5 Å². The fourth-order valence-electron chi connectivity index (χ4n) is 2.96. The number of benzene rings is 1. The number of pyridine rings is 1. The number of ether oxygens (including phenoxy) is 2. The Hall–Kier alpha value is -3.29. The van der Waals surface area contributed by atoms with Crippen molar-refractivity contribution in [3.05, 3.63) is 48.3 Å². The van der Waals surface area contributed by atoms with E-state index in [0.717, 1.165) is 5.69 Å². The van der Waals surface area contributed by atoms with Gasteiger partial charge in [-0.2, -0.15) is 0 Å². The molecular formula is C19H22N4O4. The Morgan fingerprint density at radius 2 is 2.04 bits per heavy atom. The average molecular weight is 370 g/mol. The predicted octanol–water partition coefficient (Wildman–Crippen LogP) is 1.70. The second-order valence-electron chi connectivity index (χ2n) is 6.09. The van der Waals surface area contributed by atoms with Crippen molar-refractivity contribution in [2.24, 2.45) is 0 Å². The van der Waals surface area contributed by atoms with Gasteiger partial charge in [-0.1, -0.05) is 6.07 Å². The van der Waals surface area contributed by atoms with Gasteiger partial charge in [0.2, 0.25) is 5.91 Å². The first-order chi connectivity index (χ1) is 13.1. The number of carbonyl (C=O) groups is 2. The van der Waals surface area contributed by atoms with Crippen LogP contribution in [0.25, 0.3) is 0 Å². The van der Waals surface area contributed by atoms with Crippen molar-refractivity contribution >= 4 is 17.6 Å². The van der Waals surface area contributed by atoms with Crippen molar-refractivity contribution in [3.63, 3.8) is 0 Å². The topological polar surface area (TPSA) is 92.8 Å². The van der Waals surface area contributed by atoms with Crippen LogP contribution in [0.4, 0.5) is 10.5 Å². The number of methoxy groups -OCH3 is 2. The van der Waals surface area contributed by atoms with Crippen LogP contribution >= 0.6 is 0 Å². The maximum absolute atomic E-state index is 12.4. The van der Waals surface area contributed by atoms with Gasteiger partial charge in [-0.3, -0.25) is 9.78 Å². The van der Waals surface area contributed by atoms with Gasteiger partial charge in [0.15, 0.2) is 11.5 Å². The largest absolute Gasteiger partial charge is 0.493 e. The zero-order valence-electron chi connectivity index (χ0n) is 15.3. The molecule has 0 spiro atoms. The molecule has 0 bridgehead atoms. The second-order valence-corrected chi connectivity index (χ2v) is 6.09. The van der Waals surface area contributed by atoms with Gasteiger partial charge < -0.3 is 25.0 Å². The molecule has 0 radical (unpaired) electrons. The lowest BCUT2D eigenvalue weighted by molar-refractivity contribution is -0.117. The molecule has 0 unspecified atom stereocenters. The lowest BCUT2D eigenvalue weighted by Gasteiger charge is -2.19. The summed E-state index contributed by atoms with van der Waals surface area (Å²) >= 11 is 0. The molecule has 0 saturated carbocycles. The van der Waals surface area contributed by atoms with Gasteiger partial charge in [-0.05, 0) is 24.3 Å². The predicted molar refractivity (Wildman–Crippen MR) is 99.9 cm³/mol. The lowest BCUT2D eigenvalue weighted by Crippen LogP contribution is -2.43. The number of rotatable bonds is 6. The summed E-state index contributed by atoms with van der Waals surface area (Å²) in [6.07, 6.45) is 1.91. The Kier molecular flexibility index (Phi) is 5.75.